The fourth-order valence-corrected chi connectivity index (χ4v) is 9.14. The molecule has 0 unspecified atom stereocenters. The second kappa shape index (κ2) is 22.2. The molecule has 1 aliphatic heterocycles. The third kappa shape index (κ3) is 11.8. The zero-order valence-corrected chi connectivity index (χ0v) is 42.7. The van der Waals surface area contributed by atoms with Crippen LogP contribution >= 0.6 is 11.3 Å². The van der Waals surface area contributed by atoms with Crippen molar-refractivity contribution in [3.8, 4) is 11.5 Å². The maximum absolute atomic E-state index is 14.0. The monoisotopic (exact) mass is 995 g/mol. The van der Waals surface area contributed by atoms with Gasteiger partial charge in [-0.25, -0.2) is 29.3 Å². The van der Waals surface area contributed by atoms with Crippen LogP contribution in [0.2, 0.25) is 0 Å². The van der Waals surface area contributed by atoms with E-state index in [0.29, 0.717) is 108 Å². The molecule has 1 fully saturated rings. The number of ether oxygens (including phenoxy) is 5. The molecule has 0 radical (unpaired) electrons. The standard InChI is InChI=1S/C49H61N11O10S/c1-11-33-41(71-30(4)50-33)43(62)54-47-52-35-26-32(45(64)68-10)28-38(69-23-15-16-56-19-21-57(22-20-56)48(65)70-49(5,6)7)40(35)59(47)18-14-13-17-58-39-34(25-31(44(63)67-9)27-37(39)66-8)51-46(58)53-42(61)36-24-29(3)55-60(36)12-2/h13-14,24-28H,11-12,15-23H2,1-10H3,(H,51,53,61)(H,52,54,62)/b14-13+. The summed E-state index contributed by atoms with van der Waals surface area (Å²) in [6, 6.07) is 8.01. The molecule has 0 atom stereocenters. The zero-order valence-electron chi connectivity index (χ0n) is 41.8. The Morgan fingerprint density at radius 3 is 1.89 bits per heavy atom. The Labute approximate surface area is 415 Å². The summed E-state index contributed by atoms with van der Waals surface area (Å²) < 4.78 is 33.1. The number of esters is 2. The molecular formula is C49H61N11O10S. The number of carbonyl (C=O) groups is 5. The van der Waals surface area contributed by atoms with Crippen molar-refractivity contribution in [2.75, 3.05) is 71.3 Å². The second-order valence-corrected chi connectivity index (χ2v) is 18.9. The van der Waals surface area contributed by atoms with Crippen LogP contribution in [0.5, 0.6) is 11.5 Å². The first kappa shape index (κ1) is 51.5. The number of fused-ring (bicyclic) bond motifs is 2. The van der Waals surface area contributed by atoms with Crippen LogP contribution in [0.15, 0.2) is 42.5 Å². The van der Waals surface area contributed by atoms with Crippen LogP contribution in [-0.2, 0) is 40.3 Å². The fraction of sp³-hybridized carbons (Fsp3) is 0.449. The number of amides is 3. The number of nitrogens with zero attached hydrogens (tertiary/aromatic N) is 9. The molecule has 1 aliphatic rings. The van der Waals surface area contributed by atoms with E-state index in [9.17, 15) is 24.0 Å². The Kier molecular flexibility index (Phi) is 16.1. The highest BCUT2D eigenvalue weighted by atomic mass is 32.1. The predicted octanol–water partition coefficient (Wildman–Crippen LogP) is 6.90. The van der Waals surface area contributed by atoms with Gasteiger partial charge in [-0.3, -0.25) is 29.8 Å². The molecule has 0 bridgehead atoms. The molecule has 2 N–H and O–H groups in total. The van der Waals surface area contributed by atoms with Crippen LogP contribution in [0, 0.1) is 13.8 Å². The summed E-state index contributed by atoms with van der Waals surface area (Å²) in [4.78, 5) is 84.8. The van der Waals surface area contributed by atoms with Crippen LogP contribution in [0.25, 0.3) is 22.1 Å². The molecule has 378 valence electrons. The molecule has 2 aromatic carbocycles. The number of benzene rings is 2. The second-order valence-electron chi connectivity index (χ2n) is 17.7. The number of nitrogens with one attached hydrogen (secondary N) is 2. The SMILES string of the molecule is CCc1nc(C)sc1C(=O)Nc1nc2cc(C(=O)OC)cc(OCCCN3CCN(C(=O)OC(C)(C)C)CC3)c2n1C/C=C/Cn1c(NC(=O)c2cc(C)nn2CC)nc2cc(C(=O)OC)cc(OC)c21. The molecule has 0 spiro atoms. The van der Waals surface area contributed by atoms with E-state index < -0.39 is 29.4 Å². The average molecular weight is 996 g/mol. The van der Waals surface area contributed by atoms with Gasteiger partial charge >= 0.3 is 18.0 Å². The van der Waals surface area contributed by atoms with Crippen molar-refractivity contribution in [3.63, 3.8) is 0 Å². The summed E-state index contributed by atoms with van der Waals surface area (Å²) in [5.41, 5.74) is 3.29. The van der Waals surface area contributed by atoms with E-state index in [1.165, 1.54) is 32.7 Å². The molecule has 71 heavy (non-hydrogen) atoms. The Morgan fingerprint density at radius 2 is 1.34 bits per heavy atom. The zero-order chi connectivity index (χ0) is 51.1. The lowest BCUT2D eigenvalue weighted by Crippen LogP contribution is -2.50. The average Bonchev–Trinajstić information content (AvgIpc) is 4.12. The first-order valence-corrected chi connectivity index (χ1v) is 24.2. The number of anilines is 2. The molecular weight excluding hydrogens is 935 g/mol. The van der Waals surface area contributed by atoms with Crippen molar-refractivity contribution < 1.29 is 47.7 Å². The minimum atomic E-state index is -0.591. The highest BCUT2D eigenvalue weighted by molar-refractivity contribution is 7.13. The van der Waals surface area contributed by atoms with E-state index in [4.69, 9.17) is 33.7 Å². The number of hydrogen-bond donors (Lipinski definition) is 2. The molecule has 4 aromatic heterocycles. The Morgan fingerprint density at radius 1 is 0.761 bits per heavy atom. The van der Waals surface area contributed by atoms with Gasteiger partial charge in [-0.15, -0.1) is 11.3 Å². The summed E-state index contributed by atoms with van der Waals surface area (Å²) in [5, 5.41) is 11.1. The first-order valence-electron chi connectivity index (χ1n) is 23.4. The quantitative estimate of drug-likeness (QED) is 0.0386. The maximum atomic E-state index is 14.0. The van der Waals surface area contributed by atoms with E-state index >= 15 is 0 Å². The van der Waals surface area contributed by atoms with Gasteiger partial charge in [0.2, 0.25) is 11.9 Å². The highest BCUT2D eigenvalue weighted by Crippen LogP contribution is 2.34. The van der Waals surface area contributed by atoms with Crippen LogP contribution < -0.4 is 20.1 Å². The van der Waals surface area contributed by atoms with Gasteiger partial charge in [0.1, 0.15) is 38.7 Å². The minimum absolute atomic E-state index is 0.150. The van der Waals surface area contributed by atoms with Crippen molar-refractivity contribution in [1.29, 1.82) is 0 Å². The van der Waals surface area contributed by atoms with Crippen molar-refractivity contribution >= 4 is 75.1 Å². The van der Waals surface area contributed by atoms with Gasteiger partial charge < -0.3 is 37.7 Å². The number of carbonyl (C=O) groups excluding carboxylic acids is 5. The van der Waals surface area contributed by atoms with Gasteiger partial charge in [-0.1, -0.05) is 19.1 Å². The molecule has 6 aromatic rings. The lowest BCUT2D eigenvalue weighted by atomic mass is 10.2. The molecule has 22 heteroatoms. The van der Waals surface area contributed by atoms with Crippen molar-refractivity contribution in [2.24, 2.45) is 0 Å². The number of piperazine rings is 1. The topological polar surface area (TPSA) is 228 Å². The number of allylic oxidation sites excluding steroid dienone is 2. The molecule has 0 aliphatic carbocycles. The number of imidazole rings is 2. The first-order chi connectivity index (χ1) is 33.9. The highest BCUT2D eigenvalue weighted by Gasteiger charge is 2.27. The summed E-state index contributed by atoms with van der Waals surface area (Å²) in [5.74, 6) is -0.965. The van der Waals surface area contributed by atoms with Gasteiger partial charge in [-0.2, -0.15) is 5.10 Å². The Balaban J connectivity index is 1.21. The Hall–Kier alpha value is -7.33. The van der Waals surface area contributed by atoms with Crippen molar-refractivity contribution in [1.82, 2.24) is 43.7 Å². The smallest absolute Gasteiger partial charge is 0.410 e. The summed E-state index contributed by atoms with van der Waals surface area (Å²) in [7, 11) is 4.05. The Bertz CT molecular complexity index is 2990. The van der Waals surface area contributed by atoms with E-state index in [0.717, 1.165) is 5.01 Å². The predicted molar refractivity (Wildman–Crippen MR) is 267 cm³/mol. The maximum Gasteiger partial charge on any atom is 0.410 e. The number of aromatic nitrogens is 7. The minimum Gasteiger partial charge on any atom is -0.494 e. The number of thiazole rings is 1. The van der Waals surface area contributed by atoms with Gasteiger partial charge in [0.05, 0.1) is 66.5 Å². The largest absolute Gasteiger partial charge is 0.494 e. The normalized spacial score (nSPS) is 13.2. The van der Waals surface area contributed by atoms with Gasteiger partial charge in [0, 0.05) is 52.4 Å². The summed E-state index contributed by atoms with van der Waals surface area (Å²) in [6.07, 6.45) is 4.57. The van der Waals surface area contributed by atoms with Gasteiger partial charge in [-0.05, 0) is 84.7 Å². The lowest BCUT2D eigenvalue weighted by Gasteiger charge is -2.35. The van der Waals surface area contributed by atoms with Crippen LogP contribution in [0.3, 0.4) is 0 Å². The van der Waals surface area contributed by atoms with Gasteiger partial charge in [0.25, 0.3) is 11.8 Å². The molecule has 3 amide bonds. The third-order valence-electron chi connectivity index (χ3n) is 11.5. The molecule has 5 heterocycles. The number of aryl methyl sites for hydroxylation is 4. The number of methoxy groups -OCH3 is 3. The summed E-state index contributed by atoms with van der Waals surface area (Å²) in [6.45, 7) is 17.2. The molecule has 21 nitrogen and oxygen atoms in total. The number of rotatable bonds is 18. The van der Waals surface area contributed by atoms with Crippen LogP contribution in [-0.4, -0.2) is 140 Å². The van der Waals surface area contributed by atoms with E-state index in [1.54, 1.807) is 56.0 Å². The number of hydrogen-bond acceptors (Lipinski definition) is 16. The fourth-order valence-electron chi connectivity index (χ4n) is 8.23. The molecule has 1 saturated heterocycles. The van der Waals surface area contributed by atoms with E-state index in [2.05, 4.69) is 25.6 Å². The van der Waals surface area contributed by atoms with E-state index in [-0.39, 0.29) is 48.8 Å². The molecule has 0 saturated carbocycles. The third-order valence-corrected chi connectivity index (χ3v) is 12.6. The van der Waals surface area contributed by atoms with Crippen LogP contribution in [0.1, 0.15) is 98.3 Å². The van der Waals surface area contributed by atoms with Crippen molar-refractivity contribution in [3.05, 3.63) is 80.6 Å². The van der Waals surface area contributed by atoms with Crippen LogP contribution in [0.4, 0.5) is 16.7 Å². The van der Waals surface area contributed by atoms with E-state index in [1.807, 2.05) is 53.7 Å². The lowest BCUT2D eigenvalue weighted by molar-refractivity contribution is 0.0141. The molecule has 7 rings (SSSR count). The van der Waals surface area contributed by atoms with Gasteiger partial charge in [0.15, 0.2) is 0 Å². The van der Waals surface area contributed by atoms with Crippen molar-refractivity contribution in [2.45, 2.75) is 86.5 Å². The summed E-state index contributed by atoms with van der Waals surface area (Å²) >= 11 is 1.29.